The normalized spacial score (nSPS) is 33.5. The van der Waals surface area contributed by atoms with Crippen LogP contribution >= 0.6 is 0 Å². The van der Waals surface area contributed by atoms with Crippen molar-refractivity contribution in [1.82, 2.24) is 0 Å². The molecule has 0 aromatic heterocycles. The second-order valence-corrected chi connectivity index (χ2v) is 6.79. The topological polar surface area (TPSA) is 74.6 Å². The van der Waals surface area contributed by atoms with Gasteiger partial charge in [0.05, 0.1) is 10.8 Å². The van der Waals surface area contributed by atoms with Gasteiger partial charge in [0, 0.05) is 0 Å². The summed E-state index contributed by atoms with van der Waals surface area (Å²) in [5.41, 5.74) is -4.17. The van der Waals surface area contributed by atoms with Crippen LogP contribution in [-0.2, 0) is 9.59 Å². The van der Waals surface area contributed by atoms with Crippen LogP contribution in [0.2, 0.25) is 0 Å². The Balaban J connectivity index is 3.16. The lowest BCUT2D eigenvalue weighted by molar-refractivity contribution is -0.194. The summed E-state index contributed by atoms with van der Waals surface area (Å²) in [6, 6.07) is 0. The number of hydrogen-bond acceptors (Lipinski definition) is 4. The van der Waals surface area contributed by atoms with E-state index in [9.17, 15) is 19.8 Å². The zero-order valence-electron chi connectivity index (χ0n) is 12.6. The first-order valence-electron chi connectivity index (χ1n) is 7.03. The largest absolute Gasteiger partial charge is 0.389 e. The van der Waals surface area contributed by atoms with E-state index in [4.69, 9.17) is 0 Å². The summed E-state index contributed by atoms with van der Waals surface area (Å²) in [6.45, 7) is 8.30. The molecule has 110 valence electrons. The molecule has 0 amide bonds. The maximum atomic E-state index is 12.4. The van der Waals surface area contributed by atoms with Gasteiger partial charge in [-0.2, -0.15) is 0 Å². The fourth-order valence-corrected chi connectivity index (χ4v) is 3.19. The predicted molar refractivity (Wildman–Crippen MR) is 72.7 cm³/mol. The number of aliphatic hydroxyl groups is 2. The van der Waals surface area contributed by atoms with E-state index in [2.05, 4.69) is 0 Å². The molecule has 4 heteroatoms. The van der Waals surface area contributed by atoms with Gasteiger partial charge in [-0.15, -0.1) is 0 Å². The molecule has 0 spiro atoms. The van der Waals surface area contributed by atoms with Crippen LogP contribution in [0.1, 0.15) is 60.3 Å². The van der Waals surface area contributed by atoms with Gasteiger partial charge in [-0.05, 0) is 20.3 Å². The van der Waals surface area contributed by atoms with Gasteiger partial charge in [-0.1, -0.05) is 40.0 Å². The number of carbonyl (C=O) groups is 2. The van der Waals surface area contributed by atoms with Gasteiger partial charge in [0.15, 0.2) is 17.2 Å². The summed E-state index contributed by atoms with van der Waals surface area (Å²) in [6.07, 6.45) is 1.38. The lowest BCUT2D eigenvalue weighted by Gasteiger charge is -2.50. The van der Waals surface area contributed by atoms with Crippen molar-refractivity contribution in [2.24, 2.45) is 10.8 Å². The number of aliphatic hydroxyl groups excluding tert-OH is 1. The molecule has 19 heavy (non-hydrogen) atoms. The lowest BCUT2D eigenvalue weighted by Crippen LogP contribution is -2.69. The summed E-state index contributed by atoms with van der Waals surface area (Å²) in [5.74, 6) is -0.856. The van der Waals surface area contributed by atoms with Crippen LogP contribution in [0.15, 0.2) is 0 Å². The standard InChI is InChI=1S/C15H26O4/c1-6-7-8-9-15(19)11(17)13(2,3)10(16)14(4,5)12(15)18/h11,17,19H,6-9H2,1-5H3/t11-,15+/m0/s1. The highest BCUT2D eigenvalue weighted by Crippen LogP contribution is 2.46. The van der Waals surface area contributed by atoms with Crippen LogP contribution in [-0.4, -0.2) is 33.5 Å². The second kappa shape index (κ2) is 4.98. The molecule has 0 aliphatic heterocycles. The summed E-state index contributed by atoms with van der Waals surface area (Å²) in [5, 5.41) is 21.0. The molecule has 0 aromatic rings. The van der Waals surface area contributed by atoms with E-state index in [0.29, 0.717) is 6.42 Å². The molecule has 0 radical (unpaired) electrons. The Morgan fingerprint density at radius 2 is 1.58 bits per heavy atom. The zero-order chi connectivity index (χ0) is 15.1. The zero-order valence-corrected chi connectivity index (χ0v) is 12.6. The van der Waals surface area contributed by atoms with E-state index in [0.717, 1.165) is 12.8 Å². The molecular weight excluding hydrogens is 244 g/mol. The summed E-state index contributed by atoms with van der Waals surface area (Å²) in [7, 11) is 0. The van der Waals surface area contributed by atoms with Crippen LogP contribution in [0, 0.1) is 10.8 Å². The molecule has 2 atom stereocenters. The Morgan fingerprint density at radius 1 is 1.05 bits per heavy atom. The monoisotopic (exact) mass is 270 g/mol. The van der Waals surface area contributed by atoms with E-state index in [1.165, 1.54) is 13.8 Å². The Hall–Kier alpha value is -0.740. The second-order valence-electron chi connectivity index (χ2n) is 6.79. The smallest absolute Gasteiger partial charge is 0.179 e. The summed E-state index contributed by atoms with van der Waals surface area (Å²) in [4.78, 5) is 24.8. The van der Waals surface area contributed by atoms with Crippen molar-refractivity contribution in [2.45, 2.75) is 72.0 Å². The minimum absolute atomic E-state index is 0.209. The van der Waals surface area contributed by atoms with Crippen LogP contribution in [0.4, 0.5) is 0 Å². The van der Waals surface area contributed by atoms with E-state index in [-0.39, 0.29) is 12.2 Å². The van der Waals surface area contributed by atoms with Gasteiger partial charge in [0.25, 0.3) is 0 Å². The lowest BCUT2D eigenvalue weighted by atomic mass is 9.55. The molecule has 1 rings (SSSR count). The molecule has 2 N–H and O–H groups in total. The first-order chi connectivity index (χ1) is 8.52. The molecule has 0 aromatic carbocycles. The molecule has 0 unspecified atom stereocenters. The highest BCUT2D eigenvalue weighted by atomic mass is 16.4. The van der Waals surface area contributed by atoms with Gasteiger partial charge in [0.2, 0.25) is 0 Å². The molecule has 1 fully saturated rings. The van der Waals surface area contributed by atoms with E-state index >= 15 is 0 Å². The number of rotatable bonds is 4. The molecule has 4 nitrogen and oxygen atoms in total. The van der Waals surface area contributed by atoms with Crippen LogP contribution < -0.4 is 0 Å². The third-order valence-corrected chi connectivity index (χ3v) is 4.41. The highest BCUT2D eigenvalue weighted by molar-refractivity contribution is 6.14. The number of Topliss-reactive ketones (excluding diaryl/α,β-unsaturated/α-hetero) is 2. The average molecular weight is 270 g/mol. The van der Waals surface area contributed by atoms with Crippen LogP contribution in [0.5, 0.6) is 0 Å². The van der Waals surface area contributed by atoms with E-state index in [1.54, 1.807) is 13.8 Å². The molecule has 1 aliphatic carbocycles. The van der Waals surface area contributed by atoms with Gasteiger partial charge in [-0.25, -0.2) is 0 Å². The Bertz CT molecular complexity index is 384. The SMILES string of the molecule is CCCCC[C@]1(O)C(=O)C(C)(C)C(=O)C(C)(C)[C@@H]1O. The molecule has 0 bridgehead atoms. The molecule has 0 saturated heterocycles. The molecule has 1 aliphatic rings. The third kappa shape index (κ3) is 2.36. The minimum atomic E-state index is -1.81. The maximum absolute atomic E-state index is 12.4. The molecule has 1 saturated carbocycles. The number of carbonyl (C=O) groups excluding carboxylic acids is 2. The minimum Gasteiger partial charge on any atom is -0.389 e. The van der Waals surface area contributed by atoms with Crippen molar-refractivity contribution in [3.63, 3.8) is 0 Å². The van der Waals surface area contributed by atoms with E-state index in [1.807, 2.05) is 6.92 Å². The van der Waals surface area contributed by atoms with Crippen molar-refractivity contribution < 1.29 is 19.8 Å². The fourth-order valence-electron chi connectivity index (χ4n) is 3.19. The number of ketones is 2. The Labute approximate surface area is 115 Å². The fraction of sp³-hybridized carbons (Fsp3) is 0.867. The molecular formula is C15H26O4. The quantitative estimate of drug-likeness (QED) is 0.604. The predicted octanol–water partition coefficient (Wildman–Crippen LogP) is 1.86. The van der Waals surface area contributed by atoms with Gasteiger partial charge in [-0.3, -0.25) is 9.59 Å². The summed E-state index contributed by atoms with van der Waals surface area (Å²) < 4.78 is 0. The van der Waals surface area contributed by atoms with Crippen LogP contribution in [0.3, 0.4) is 0 Å². The first kappa shape index (κ1) is 16.3. The number of hydrogen-bond donors (Lipinski definition) is 2. The Morgan fingerprint density at radius 3 is 2.05 bits per heavy atom. The molecule has 0 heterocycles. The van der Waals surface area contributed by atoms with Crippen molar-refractivity contribution in [3.8, 4) is 0 Å². The number of unbranched alkanes of at least 4 members (excludes halogenated alkanes) is 2. The van der Waals surface area contributed by atoms with Gasteiger partial charge < -0.3 is 10.2 Å². The van der Waals surface area contributed by atoms with E-state index < -0.39 is 28.3 Å². The Kier molecular flexibility index (Phi) is 4.28. The van der Waals surface area contributed by atoms with Crippen molar-refractivity contribution >= 4 is 11.6 Å². The maximum Gasteiger partial charge on any atom is 0.179 e. The van der Waals surface area contributed by atoms with Crippen LogP contribution in [0.25, 0.3) is 0 Å². The third-order valence-electron chi connectivity index (χ3n) is 4.41. The van der Waals surface area contributed by atoms with Crippen molar-refractivity contribution in [3.05, 3.63) is 0 Å². The highest BCUT2D eigenvalue weighted by Gasteiger charge is 2.64. The van der Waals surface area contributed by atoms with Crippen molar-refractivity contribution in [2.75, 3.05) is 0 Å². The average Bonchev–Trinajstić information content (AvgIpc) is 2.34. The van der Waals surface area contributed by atoms with Gasteiger partial charge in [0.1, 0.15) is 6.10 Å². The summed E-state index contributed by atoms with van der Waals surface area (Å²) >= 11 is 0. The van der Waals surface area contributed by atoms with Gasteiger partial charge >= 0.3 is 0 Å². The van der Waals surface area contributed by atoms with Crippen molar-refractivity contribution in [1.29, 1.82) is 0 Å². The first-order valence-corrected chi connectivity index (χ1v) is 7.03.